The van der Waals surface area contributed by atoms with Crippen molar-refractivity contribution in [2.45, 2.75) is 170 Å². The lowest BCUT2D eigenvalue weighted by Gasteiger charge is -2.26. The van der Waals surface area contributed by atoms with Gasteiger partial charge in [-0.15, -0.1) is 0 Å². The Bertz CT molecular complexity index is 4110. The van der Waals surface area contributed by atoms with Gasteiger partial charge in [-0.2, -0.15) is 0 Å². The first-order chi connectivity index (χ1) is 49.8. The highest BCUT2D eigenvalue weighted by Crippen LogP contribution is 2.35. The first-order valence-corrected chi connectivity index (χ1v) is 36.9. The molecule has 0 aliphatic carbocycles. The zero-order valence-corrected chi connectivity index (χ0v) is 67.8. The van der Waals surface area contributed by atoms with Gasteiger partial charge in [-0.1, -0.05) is 148 Å². The van der Waals surface area contributed by atoms with Crippen LogP contribution in [0.2, 0.25) is 0 Å². The van der Waals surface area contributed by atoms with Gasteiger partial charge in [0.15, 0.2) is 0 Å². The topological polar surface area (TPSA) is 197 Å². The van der Waals surface area contributed by atoms with Crippen LogP contribution in [0, 0.1) is 111 Å². The van der Waals surface area contributed by atoms with Gasteiger partial charge in [0, 0.05) is 149 Å². The Morgan fingerprint density at radius 3 is 0.613 bits per heavy atom. The molecule has 0 saturated carbocycles. The van der Waals surface area contributed by atoms with Gasteiger partial charge in [-0.05, 0) is 210 Å². The summed E-state index contributed by atoms with van der Waals surface area (Å²) in [6.07, 6.45) is 1.79. The molecule has 1 aromatic heterocycles. The Morgan fingerprint density at radius 1 is 0.226 bits per heavy atom. The van der Waals surface area contributed by atoms with Gasteiger partial charge in [-0.3, -0.25) is 24.6 Å². The fourth-order valence-corrected chi connectivity index (χ4v) is 13.8. The molecular formula is C90H124N8O8. The van der Waals surface area contributed by atoms with E-state index in [1.165, 1.54) is 5.56 Å². The third-order valence-corrected chi connectivity index (χ3v) is 19.0. The highest BCUT2D eigenvalue weighted by molar-refractivity contribution is 5.49. The molecule has 0 saturated heterocycles. The standard InChI is InChI=1S/C27H33NO3.C24H28N2O2.C22H32N2O2.C17H31N3O/c1-16-7-19(4)25(29)22(10-16)13-28(14-23-11-17(2)8-20(5)26(23)30)15-24-12-18(3)9-21(6)27(24)31;1-16-9-18(3)23(27)20(11-16)13-26(15-22-7-5-6-8-25-22)14-21-12-17(2)10-19(4)24(21)28;1-15-9-17(3)21(25)19(11-15)13-24(8-7-23(5)6)14-20-12-16(2)10-18(4)22(20)26;1-14-11-15(2)17(21)16(12-14)13-20(9-7-18(3)4)10-8-19(5)6/h7-12,29-31H,13-15H2,1-6H3;5-12,27-28H,13-15H2,1-4H3;9-12,25-26H,7-8,13-14H2,1-6H3;11-12,21H,7-10,13H2,1-6H3. The van der Waals surface area contributed by atoms with E-state index in [1.807, 2.05) is 199 Å². The molecule has 1 heterocycles. The lowest BCUT2D eigenvalue weighted by atomic mass is 10.0. The molecule has 106 heavy (non-hydrogen) atoms. The van der Waals surface area contributed by atoms with Crippen LogP contribution in [0.5, 0.6) is 46.0 Å². The summed E-state index contributed by atoms with van der Waals surface area (Å²) in [5, 5.41) is 84.3. The van der Waals surface area contributed by atoms with Gasteiger partial charge in [0.1, 0.15) is 46.0 Å². The fourth-order valence-electron chi connectivity index (χ4n) is 13.8. The van der Waals surface area contributed by atoms with E-state index in [4.69, 9.17) is 0 Å². The molecule has 16 nitrogen and oxygen atoms in total. The van der Waals surface area contributed by atoms with Crippen LogP contribution < -0.4 is 0 Å². The molecular weight excluding hydrogens is 1320 g/mol. The van der Waals surface area contributed by atoms with E-state index in [2.05, 4.69) is 108 Å². The molecule has 0 bridgehead atoms. The third-order valence-electron chi connectivity index (χ3n) is 19.0. The zero-order chi connectivity index (χ0) is 78.5. The van der Waals surface area contributed by atoms with Crippen LogP contribution in [0.4, 0.5) is 0 Å². The normalized spacial score (nSPS) is 11.4. The summed E-state index contributed by atoms with van der Waals surface area (Å²) in [6, 6.07) is 38.0. The Hall–Kier alpha value is -8.97. The highest BCUT2D eigenvalue weighted by Gasteiger charge is 2.22. The molecule has 0 spiro atoms. The quantitative estimate of drug-likeness (QED) is 0.0242. The second kappa shape index (κ2) is 40.1. The number of pyridine rings is 1. The Morgan fingerprint density at radius 2 is 0.415 bits per heavy atom. The summed E-state index contributed by atoms with van der Waals surface area (Å²) >= 11 is 0. The van der Waals surface area contributed by atoms with Crippen molar-refractivity contribution >= 4 is 0 Å². The van der Waals surface area contributed by atoms with Crippen LogP contribution in [0.25, 0.3) is 0 Å². The van der Waals surface area contributed by atoms with Crippen LogP contribution in [0.3, 0.4) is 0 Å². The number of benzene rings is 8. The number of hydrogen-bond donors (Lipinski definition) is 8. The number of phenolic OH excluding ortho intramolecular Hbond substituents is 8. The number of likely N-dealkylation sites (N-methyl/N-ethyl adjacent to an activating group) is 3. The maximum Gasteiger partial charge on any atom is 0.122 e. The molecule has 8 aromatic carbocycles. The number of nitrogens with zero attached hydrogens (tertiary/aromatic N) is 8. The molecule has 0 radical (unpaired) electrons. The third kappa shape index (κ3) is 26.5. The minimum atomic E-state index is 0.296. The summed E-state index contributed by atoms with van der Waals surface area (Å²) in [6.45, 7) is 42.9. The Balaban J connectivity index is 0.000000223. The van der Waals surface area contributed by atoms with Crippen molar-refractivity contribution in [3.8, 4) is 46.0 Å². The smallest absolute Gasteiger partial charge is 0.122 e. The molecule has 0 aliphatic rings. The van der Waals surface area contributed by atoms with Gasteiger partial charge < -0.3 is 55.6 Å². The number of rotatable bonds is 27. The number of hydrogen-bond acceptors (Lipinski definition) is 16. The van der Waals surface area contributed by atoms with Crippen molar-refractivity contribution < 1.29 is 40.9 Å². The van der Waals surface area contributed by atoms with Crippen LogP contribution >= 0.6 is 0 Å². The van der Waals surface area contributed by atoms with Crippen molar-refractivity contribution in [2.24, 2.45) is 0 Å². The summed E-state index contributed by atoms with van der Waals surface area (Å²) in [5.74, 6) is 2.74. The van der Waals surface area contributed by atoms with Crippen molar-refractivity contribution in [3.05, 3.63) is 261 Å². The van der Waals surface area contributed by atoms with Crippen molar-refractivity contribution in [3.63, 3.8) is 0 Å². The summed E-state index contributed by atoms with van der Waals surface area (Å²) in [5.41, 5.74) is 24.2. The lowest BCUT2D eigenvalue weighted by Crippen LogP contribution is -2.36. The number of aromatic nitrogens is 1. The Labute approximate surface area is 634 Å². The van der Waals surface area contributed by atoms with E-state index in [1.54, 1.807) is 6.20 Å². The molecule has 8 N–H and O–H groups in total. The van der Waals surface area contributed by atoms with Gasteiger partial charge in [0.25, 0.3) is 0 Å². The zero-order valence-electron chi connectivity index (χ0n) is 67.8. The van der Waals surface area contributed by atoms with Crippen molar-refractivity contribution in [1.82, 2.24) is 39.3 Å². The predicted octanol–water partition coefficient (Wildman–Crippen LogP) is 16.6. The molecule has 9 aromatic rings. The number of phenols is 8. The maximum absolute atomic E-state index is 10.7. The molecule has 0 aliphatic heterocycles. The summed E-state index contributed by atoms with van der Waals surface area (Å²) < 4.78 is 0. The largest absolute Gasteiger partial charge is 0.507 e. The molecule has 0 fully saturated rings. The van der Waals surface area contributed by atoms with Crippen molar-refractivity contribution in [2.75, 3.05) is 81.6 Å². The Kier molecular flexibility index (Phi) is 32.5. The maximum atomic E-state index is 10.7. The van der Waals surface area contributed by atoms with Crippen LogP contribution in [-0.4, -0.2) is 162 Å². The SMILES string of the molecule is Cc1cc(C)c(O)c(CN(CCN(C)C)CCN(C)C)c1.Cc1cc(C)c(O)c(CN(CCN(C)C)Cc2cc(C)cc(C)c2O)c1.Cc1cc(C)c(O)c(CN(Cc2cc(C)cc(C)c2O)Cc2cc(C)cc(C)c2O)c1.Cc1cc(C)c(O)c(CN(Cc2ccccn2)Cc2cc(C)cc(C)c2O)c1. The number of aromatic hydroxyl groups is 8. The van der Waals surface area contributed by atoms with E-state index < -0.39 is 0 Å². The molecule has 0 atom stereocenters. The minimum Gasteiger partial charge on any atom is -0.507 e. The average molecular weight is 1450 g/mol. The van der Waals surface area contributed by atoms with Gasteiger partial charge in [0.05, 0.1) is 5.69 Å². The van der Waals surface area contributed by atoms with E-state index in [9.17, 15) is 40.9 Å². The van der Waals surface area contributed by atoms with Crippen LogP contribution in [-0.2, 0) is 58.9 Å². The van der Waals surface area contributed by atoms with Crippen LogP contribution in [0.1, 0.15) is 139 Å². The van der Waals surface area contributed by atoms with Gasteiger partial charge in [0.2, 0.25) is 0 Å². The van der Waals surface area contributed by atoms with Gasteiger partial charge >= 0.3 is 0 Å². The van der Waals surface area contributed by atoms with E-state index in [0.29, 0.717) is 98.4 Å². The number of aryl methyl sites for hydroxylation is 16. The molecule has 9 rings (SSSR count). The highest BCUT2D eigenvalue weighted by atomic mass is 16.3. The monoisotopic (exact) mass is 1440 g/mol. The molecule has 0 amide bonds. The van der Waals surface area contributed by atoms with Crippen LogP contribution in [0.15, 0.2) is 121 Å². The van der Waals surface area contributed by atoms with Crippen molar-refractivity contribution in [1.29, 1.82) is 0 Å². The minimum absolute atomic E-state index is 0.296. The van der Waals surface area contributed by atoms with Gasteiger partial charge in [-0.25, -0.2) is 0 Å². The average Bonchev–Trinajstić information content (AvgIpc) is 0.836. The molecule has 0 unspecified atom stereocenters. The first kappa shape index (κ1) is 86.0. The van der Waals surface area contributed by atoms with E-state index in [-0.39, 0.29) is 0 Å². The summed E-state index contributed by atoms with van der Waals surface area (Å²) in [4.78, 5) is 20.0. The molecule has 572 valence electrons. The van der Waals surface area contributed by atoms with E-state index >= 15 is 0 Å². The first-order valence-electron chi connectivity index (χ1n) is 36.9. The second-order valence-electron chi connectivity index (χ2n) is 30.7. The summed E-state index contributed by atoms with van der Waals surface area (Å²) in [7, 11) is 12.5. The second-order valence-corrected chi connectivity index (χ2v) is 30.7. The molecule has 16 heteroatoms. The van der Waals surface area contributed by atoms with E-state index in [0.717, 1.165) is 179 Å². The lowest BCUT2D eigenvalue weighted by molar-refractivity contribution is 0.210. The fraction of sp³-hybridized carbons (Fsp3) is 0.411. The predicted molar refractivity (Wildman–Crippen MR) is 436 cm³/mol.